The van der Waals surface area contributed by atoms with Crippen LogP contribution >= 0.6 is 0 Å². The number of hydrogen-bond donors (Lipinski definition) is 3. The van der Waals surface area contributed by atoms with Crippen molar-refractivity contribution < 1.29 is 4.74 Å². The van der Waals surface area contributed by atoms with Crippen molar-refractivity contribution >= 4 is 0 Å². The Labute approximate surface area is 106 Å². The van der Waals surface area contributed by atoms with Gasteiger partial charge >= 0.3 is 0 Å². The predicted molar refractivity (Wildman–Crippen MR) is 72.6 cm³/mol. The second kappa shape index (κ2) is 12.3. The highest BCUT2D eigenvalue weighted by atomic mass is 16.5. The largest absolute Gasteiger partial charge is 0.382 e. The zero-order valence-corrected chi connectivity index (χ0v) is 11.7. The Hall–Kier alpha value is -0.200. The molecule has 1 unspecified atom stereocenters. The zero-order chi connectivity index (χ0) is 12.9. The van der Waals surface area contributed by atoms with Gasteiger partial charge in [-0.15, -0.1) is 0 Å². The van der Waals surface area contributed by atoms with E-state index in [0.717, 1.165) is 52.4 Å². The highest BCUT2D eigenvalue weighted by Crippen LogP contribution is 1.89. The summed E-state index contributed by atoms with van der Waals surface area (Å²) in [6.07, 6.45) is 2.20. The number of nitrogens with two attached hydrogens (primary N) is 1. The van der Waals surface area contributed by atoms with Crippen LogP contribution in [0.3, 0.4) is 0 Å². The van der Waals surface area contributed by atoms with Crippen LogP contribution in [0, 0.1) is 0 Å². The summed E-state index contributed by atoms with van der Waals surface area (Å²) in [6.45, 7) is 11.6. The lowest BCUT2D eigenvalue weighted by Crippen LogP contribution is -2.43. The normalized spacial score (nSPS) is 13.2. The molecule has 0 aromatic carbocycles. The van der Waals surface area contributed by atoms with Crippen LogP contribution in [0.15, 0.2) is 0 Å². The van der Waals surface area contributed by atoms with E-state index in [0.29, 0.717) is 6.04 Å². The summed E-state index contributed by atoms with van der Waals surface area (Å²) < 4.78 is 5.27. The molecule has 0 aromatic rings. The van der Waals surface area contributed by atoms with Gasteiger partial charge in [-0.1, -0.05) is 6.92 Å². The summed E-state index contributed by atoms with van der Waals surface area (Å²) in [5.41, 5.74) is 0. The molecule has 0 spiro atoms. The maximum Gasteiger partial charge on any atom is 0.0620 e. The molecule has 1 atom stereocenters. The lowest BCUT2D eigenvalue weighted by Gasteiger charge is -2.19. The molecule has 0 aliphatic rings. The summed E-state index contributed by atoms with van der Waals surface area (Å²) in [5.74, 6) is 5.69. The van der Waals surface area contributed by atoms with E-state index >= 15 is 0 Å². The number of hydrogen-bond acceptors (Lipinski definition) is 5. The molecule has 0 aliphatic heterocycles. The van der Waals surface area contributed by atoms with E-state index < -0.39 is 0 Å². The van der Waals surface area contributed by atoms with E-state index in [4.69, 9.17) is 10.6 Å². The molecule has 0 saturated carbocycles. The first-order chi connectivity index (χ1) is 8.20. The molecule has 5 heteroatoms. The van der Waals surface area contributed by atoms with Crippen molar-refractivity contribution in [3.8, 4) is 0 Å². The summed E-state index contributed by atoms with van der Waals surface area (Å²) in [7, 11) is 0. The van der Waals surface area contributed by atoms with E-state index in [9.17, 15) is 0 Å². The Morgan fingerprint density at radius 2 is 2.06 bits per heavy atom. The molecule has 0 radical (unpaired) electrons. The quantitative estimate of drug-likeness (QED) is 0.203. The van der Waals surface area contributed by atoms with E-state index in [-0.39, 0.29) is 0 Å². The fraction of sp³-hybridized carbons (Fsp3) is 1.00. The molecule has 0 bridgehead atoms. The maximum absolute atomic E-state index is 5.69. The van der Waals surface area contributed by atoms with Gasteiger partial charge in [0.2, 0.25) is 0 Å². The first kappa shape index (κ1) is 16.8. The third-order valence-corrected chi connectivity index (χ3v) is 2.65. The SMILES string of the molecule is CCOCCCNCCC(C)NCN(N)CC. The van der Waals surface area contributed by atoms with Crippen LogP contribution in [0.4, 0.5) is 0 Å². The molecular formula is C12H30N4O. The molecule has 0 rings (SSSR count). The number of nitrogens with zero attached hydrogens (tertiary/aromatic N) is 1. The molecule has 4 N–H and O–H groups in total. The van der Waals surface area contributed by atoms with Crippen molar-refractivity contribution in [1.82, 2.24) is 15.6 Å². The standard InChI is InChI=1S/C12H30N4O/c1-4-16(13)11-15-12(3)7-9-14-8-6-10-17-5-2/h12,14-15H,4-11,13H2,1-3H3. The number of rotatable bonds is 12. The van der Waals surface area contributed by atoms with Crippen LogP contribution < -0.4 is 16.5 Å². The zero-order valence-electron chi connectivity index (χ0n) is 11.7. The van der Waals surface area contributed by atoms with Crippen LogP contribution in [0.5, 0.6) is 0 Å². The van der Waals surface area contributed by atoms with E-state index in [1.165, 1.54) is 0 Å². The Morgan fingerprint density at radius 1 is 1.29 bits per heavy atom. The fourth-order valence-electron chi connectivity index (χ4n) is 1.37. The topological polar surface area (TPSA) is 62.5 Å². The Kier molecular flexibility index (Phi) is 12.1. The highest BCUT2D eigenvalue weighted by molar-refractivity contribution is 4.61. The lowest BCUT2D eigenvalue weighted by atomic mass is 10.2. The summed E-state index contributed by atoms with van der Waals surface area (Å²) in [6, 6.07) is 0.493. The minimum atomic E-state index is 0.493. The summed E-state index contributed by atoms with van der Waals surface area (Å²) in [5, 5.41) is 8.56. The van der Waals surface area contributed by atoms with E-state index in [1.54, 1.807) is 5.01 Å². The molecule has 17 heavy (non-hydrogen) atoms. The molecule has 0 saturated heterocycles. The molecule has 104 valence electrons. The summed E-state index contributed by atoms with van der Waals surface area (Å²) >= 11 is 0. The van der Waals surface area contributed by atoms with Crippen molar-refractivity contribution in [3.63, 3.8) is 0 Å². The Bertz CT molecular complexity index is 157. The molecular weight excluding hydrogens is 216 g/mol. The maximum atomic E-state index is 5.69. The van der Waals surface area contributed by atoms with E-state index in [2.05, 4.69) is 17.6 Å². The average molecular weight is 246 g/mol. The van der Waals surface area contributed by atoms with Crippen LogP contribution in [0.2, 0.25) is 0 Å². The second-order valence-electron chi connectivity index (χ2n) is 4.26. The third kappa shape index (κ3) is 12.1. The van der Waals surface area contributed by atoms with Crippen molar-refractivity contribution in [3.05, 3.63) is 0 Å². The molecule has 5 nitrogen and oxygen atoms in total. The third-order valence-electron chi connectivity index (χ3n) is 2.65. The van der Waals surface area contributed by atoms with Crippen LogP contribution in [-0.4, -0.2) is 50.6 Å². The van der Waals surface area contributed by atoms with Gasteiger partial charge in [-0.05, 0) is 39.8 Å². The van der Waals surface area contributed by atoms with Crippen LogP contribution in [0.1, 0.15) is 33.6 Å². The number of hydrazine groups is 1. The van der Waals surface area contributed by atoms with Crippen molar-refractivity contribution in [1.29, 1.82) is 0 Å². The molecule has 0 fully saturated rings. The second-order valence-corrected chi connectivity index (χ2v) is 4.26. The number of ether oxygens (including phenoxy) is 1. The lowest BCUT2D eigenvalue weighted by molar-refractivity contribution is 0.144. The summed E-state index contributed by atoms with van der Waals surface area (Å²) in [4.78, 5) is 0. The van der Waals surface area contributed by atoms with Crippen molar-refractivity contribution in [2.75, 3.05) is 39.5 Å². The predicted octanol–water partition coefficient (Wildman–Crippen LogP) is 0.524. The first-order valence-electron chi connectivity index (χ1n) is 6.72. The van der Waals surface area contributed by atoms with Gasteiger partial charge in [-0.3, -0.25) is 5.84 Å². The van der Waals surface area contributed by atoms with Crippen LogP contribution in [-0.2, 0) is 4.74 Å². The first-order valence-corrected chi connectivity index (χ1v) is 6.72. The number of nitrogens with one attached hydrogen (secondary N) is 2. The van der Waals surface area contributed by atoms with Crippen molar-refractivity contribution in [2.45, 2.75) is 39.7 Å². The molecule has 0 heterocycles. The van der Waals surface area contributed by atoms with Gasteiger partial charge in [-0.25, -0.2) is 5.01 Å². The smallest absolute Gasteiger partial charge is 0.0620 e. The van der Waals surface area contributed by atoms with Gasteiger partial charge in [0.15, 0.2) is 0 Å². The minimum Gasteiger partial charge on any atom is -0.382 e. The van der Waals surface area contributed by atoms with Crippen LogP contribution in [0.25, 0.3) is 0 Å². The van der Waals surface area contributed by atoms with Gasteiger partial charge in [0.1, 0.15) is 0 Å². The minimum absolute atomic E-state index is 0.493. The average Bonchev–Trinajstić information content (AvgIpc) is 2.34. The molecule has 0 aliphatic carbocycles. The molecule has 0 aromatic heterocycles. The van der Waals surface area contributed by atoms with Gasteiger partial charge in [-0.2, -0.15) is 0 Å². The van der Waals surface area contributed by atoms with Gasteiger partial charge < -0.3 is 15.4 Å². The van der Waals surface area contributed by atoms with Gasteiger partial charge in [0, 0.05) is 25.8 Å². The molecule has 0 amide bonds. The Morgan fingerprint density at radius 3 is 2.71 bits per heavy atom. The highest BCUT2D eigenvalue weighted by Gasteiger charge is 2.01. The van der Waals surface area contributed by atoms with Crippen molar-refractivity contribution in [2.24, 2.45) is 5.84 Å². The van der Waals surface area contributed by atoms with E-state index in [1.807, 2.05) is 13.8 Å². The van der Waals surface area contributed by atoms with Gasteiger partial charge in [0.05, 0.1) is 6.67 Å². The van der Waals surface area contributed by atoms with Gasteiger partial charge in [0.25, 0.3) is 0 Å². The Balaban J connectivity index is 3.19. The monoisotopic (exact) mass is 246 g/mol. The fourth-order valence-corrected chi connectivity index (χ4v) is 1.37.